The summed E-state index contributed by atoms with van der Waals surface area (Å²) in [5.41, 5.74) is 3.71. The summed E-state index contributed by atoms with van der Waals surface area (Å²) in [4.78, 5) is 10.2. The fourth-order valence-electron chi connectivity index (χ4n) is 1.20. The Kier molecular flexibility index (Phi) is 5.35. The molecule has 0 aromatic carbocycles. The second-order valence-electron chi connectivity index (χ2n) is 3.14. The average Bonchev–Trinajstić information content (AvgIpc) is 2.04. The largest absolute Gasteiger partial charge is 0.303 e. The Morgan fingerprint density at radius 1 is 1.42 bits per heavy atom. The van der Waals surface area contributed by atoms with Crippen LogP contribution >= 0.6 is 0 Å². The minimum Gasteiger partial charge on any atom is -0.303 e. The summed E-state index contributed by atoms with van der Waals surface area (Å²) in [7, 11) is 0. The van der Waals surface area contributed by atoms with E-state index >= 15 is 0 Å². The van der Waals surface area contributed by atoms with Gasteiger partial charge < -0.3 is 4.79 Å². The highest BCUT2D eigenvalue weighted by Gasteiger charge is 2.02. The van der Waals surface area contributed by atoms with Crippen LogP contribution in [-0.4, -0.2) is 6.29 Å². The molecule has 0 aliphatic heterocycles. The lowest BCUT2D eigenvalue weighted by Crippen LogP contribution is -1.91. The van der Waals surface area contributed by atoms with Crippen molar-refractivity contribution in [2.24, 2.45) is 0 Å². The molecule has 0 aliphatic carbocycles. The zero-order valence-corrected chi connectivity index (χ0v) is 8.31. The van der Waals surface area contributed by atoms with E-state index in [4.69, 9.17) is 0 Å². The minimum absolute atomic E-state index is 0.611. The number of carbonyl (C=O) groups excluding carboxylic acids is 1. The van der Waals surface area contributed by atoms with Crippen LogP contribution in [0.15, 0.2) is 23.3 Å². The van der Waals surface area contributed by atoms with E-state index in [1.807, 2.05) is 0 Å². The molecule has 0 unspecified atom stereocenters. The first kappa shape index (κ1) is 11.2. The van der Waals surface area contributed by atoms with Crippen molar-refractivity contribution in [2.45, 2.75) is 40.0 Å². The molecule has 0 spiro atoms. The monoisotopic (exact) mass is 166 g/mol. The molecule has 12 heavy (non-hydrogen) atoms. The maximum Gasteiger partial charge on any atom is 0.120 e. The third-order valence-corrected chi connectivity index (χ3v) is 1.97. The van der Waals surface area contributed by atoms with Gasteiger partial charge in [-0.2, -0.15) is 0 Å². The Labute approximate surface area is 75.2 Å². The fraction of sp³-hybridized carbons (Fsp3) is 0.545. The number of hydrogen-bond acceptors (Lipinski definition) is 1. The van der Waals surface area contributed by atoms with Crippen molar-refractivity contribution in [1.82, 2.24) is 0 Å². The maximum atomic E-state index is 10.2. The number of allylic oxidation sites excluding steroid dienone is 3. The molecule has 0 rings (SSSR count). The second kappa shape index (κ2) is 5.76. The highest BCUT2D eigenvalue weighted by Crippen LogP contribution is 2.20. The van der Waals surface area contributed by atoms with Crippen LogP contribution in [-0.2, 0) is 4.79 Å². The van der Waals surface area contributed by atoms with E-state index in [1.54, 1.807) is 0 Å². The average molecular weight is 166 g/mol. The van der Waals surface area contributed by atoms with Gasteiger partial charge in [0.05, 0.1) is 0 Å². The van der Waals surface area contributed by atoms with Gasteiger partial charge in [0.15, 0.2) is 0 Å². The zero-order valence-electron chi connectivity index (χ0n) is 8.31. The molecule has 1 heteroatoms. The Hall–Kier alpha value is -0.850. The first-order valence-corrected chi connectivity index (χ1v) is 4.41. The predicted molar refractivity (Wildman–Crippen MR) is 53.1 cm³/mol. The van der Waals surface area contributed by atoms with Crippen LogP contribution in [0.3, 0.4) is 0 Å². The summed E-state index contributed by atoms with van der Waals surface area (Å²) >= 11 is 0. The Bertz CT molecular complexity index is 195. The van der Waals surface area contributed by atoms with Crippen LogP contribution in [0, 0.1) is 0 Å². The van der Waals surface area contributed by atoms with E-state index in [0.717, 1.165) is 24.7 Å². The third kappa shape index (κ3) is 3.51. The lowest BCUT2D eigenvalue weighted by Gasteiger charge is -2.09. The quantitative estimate of drug-likeness (QED) is 0.452. The number of carbonyl (C=O) groups is 1. The molecule has 0 amide bonds. The van der Waals surface area contributed by atoms with E-state index in [2.05, 4.69) is 27.4 Å². The molecular formula is C11H18O. The van der Waals surface area contributed by atoms with Gasteiger partial charge in [0.2, 0.25) is 0 Å². The van der Waals surface area contributed by atoms with Crippen molar-refractivity contribution >= 4 is 6.29 Å². The van der Waals surface area contributed by atoms with Crippen LogP contribution in [0.4, 0.5) is 0 Å². The zero-order chi connectivity index (χ0) is 9.56. The summed E-state index contributed by atoms with van der Waals surface area (Å²) in [5.74, 6) is 0. The van der Waals surface area contributed by atoms with Gasteiger partial charge in [0.1, 0.15) is 6.29 Å². The molecule has 0 N–H and O–H groups in total. The first-order chi connectivity index (χ1) is 5.63. The molecule has 0 fully saturated rings. The molecule has 1 nitrogen and oxygen atoms in total. The topological polar surface area (TPSA) is 17.1 Å². The number of aldehydes is 1. The van der Waals surface area contributed by atoms with Crippen LogP contribution in [0.2, 0.25) is 0 Å². The van der Waals surface area contributed by atoms with Gasteiger partial charge in [-0.15, -0.1) is 0 Å². The molecule has 0 aromatic heterocycles. The normalized spacial score (nSPS) is 9.25. The molecule has 0 saturated carbocycles. The molecule has 0 aromatic rings. The molecule has 0 saturated heterocycles. The lowest BCUT2D eigenvalue weighted by atomic mass is 9.97. The van der Waals surface area contributed by atoms with E-state index in [1.165, 1.54) is 11.1 Å². The van der Waals surface area contributed by atoms with Crippen LogP contribution in [0.25, 0.3) is 0 Å². The lowest BCUT2D eigenvalue weighted by molar-refractivity contribution is -0.107. The fourth-order valence-corrected chi connectivity index (χ4v) is 1.20. The summed E-state index contributed by atoms with van der Waals surface area (Å²) in [6.07, 6.45) is 3.39. The highest BCUT2D eigenvalue weighted by atomic mass is 16.1. The first-order valence-electron chi connectivity index (χ1n) is 4.41. The van der Waals surface area contributed by atoms with E-state index in [9.17, 15) is 4.79 Å². The van der Waals surface area contributed by atoms with Crippen molar-refractivity contribution in [3.8, 4) is 0 Å². The van der Waals surface area contributed by atoms with Gasteiger partial charge in [0.25, 0.3) is 0 Å². The molecule has 0 aliphatic rings. The SMILES string of the molecule is C=C(CC)C(CCC=O)=C(C)C. The van der Waals surface area contributed by atoms with Crippen molar-refractivity contribution in [2.75, 3.05) is 0 Å². The van der Waals surface area contributed by atoms with Crippen LogP contribution in [0.5, 0.6) is 0 Å². The third-order valence-electron chi connectivity index (χ3n) is 1.97. The smallest absolute Gasteiger partial charge is 0.120 e. The van der Waals surface area contributed by atoms with Crippen molar-refractivity contribution in [3.63, 3.8) is 0 Å². The Morgan fingerprint density at radius 2 is 2.00 bits per heavy atom. The molecule has 0 radical (unpaired) electrons. The van der Waals surface area contributed by atoms with E-state index in [0.29, 0.717) is 6.42 Å². The standard InChI is InChI=1S/C11H18O/c1-5-10(4)11(9(2)3)7-6-8-12/h8H,4-7H2,1-3H3. The minimum atomic E-state index is 0.611. The van der Waals surface area contributed by atoms with Gasteiger partial charge >= 0.3 is 0 Å². The molecule has 0 heterocycles. The van der Waals surface area contributed by atoms with Crippen molar-refractivity contribution in [1.29, 1.82) is 0 Å². The molecule has 0 bridgehead atoms. The Morgan fingerprint density at radius 3 is 2.33 bits per heavy atom. The van der Waals surface area contributed by atoms with Gasteiger partial charge in [-0.05, 0) is 32.3 Å². The second-order valence-corrected chi connectivity index (χ2v) is 3.14. The van der Waals surface area contributed by atoms with Gasteiger partial charge in [-0.25, -0.2) is 0 Å². The summed E-state index contributed by atoms with van der Waals surface area (Å²) in [6.45, 7) is 10.2. The van der Waals surface area contributed by atoms with Crippen molar-refractivity contribution < 1.29 is 4.79 Å². The van der Waals surface area contributed by atoms with Gasteiger partial charge in [-0.3, -0.25) is 0 Å². The Balaban J connectivity index is 4.35. The molecular weight excluding hydrogens is 148 g/mol. The predicted octanol–water partition coefficient (Wildman–Crippen LogP) is 3.27. The summed E-state index contributed by atoms with van der Waals surface area (Å²) in [5, 5.41) is 0. The molecule has 0 atom stereocenters. The van der Waals surface area contributed by atoms with E-state index in [-0.39, 0.29) is 0 Å². The van der Waals surface area contributed by atoms with E-state index < -0.39 is 0 Å². The maximum absolute atomic E-state index is 10.2. The number of rotatable bonds is 5. The number of hydrogen-bond donors (Lipinski definition) is 0. The van der Waals surface area contributed by atoms with Gasteiger partial charge in [0, 0.05) is 6.42 Å². The van der Waals surface area contributed by atoms with Crippen LogP contribution < -0.4 is 0 Å². The highest BCUT2D eigenvalue weighted by molar-refractivity contribution is 5.51. The van der Waals surface area contributed by atoms with Gasteiger partial charge in [-0.1, -0.05) is 24.6 Å². The van der Waals surface area contributed by atoms with Crippen LogP contribution in [0.1, 0.15) is 40.0 Å². The summed E-state index contributed by atoms with van der Waals surface area (Å²) in [6, 6.07) is 0. The molecule has 68 valence electrons. The van der Waals surface area contributed by atoms with Crippen molar-refractivity contribution in [3.05, 3.63) is 23.3 Å². The summed E-state index contributed by atoms with van der Waals surface area (Å²) < 4.78 is 0.